The van der Waals surface area contributed by atoms with E-state index < -0.39 is 12.7 Å². The number of nitrogens with zero attached hydrogens (tertiary/aromatic N) is 1. The molecule has 3 aromatic rings. The van der Waals surface area contributed by atoms with E-state index in [9.17, 15) is 4.79 Å². The molecule has 8 nitrogen and oxygen atoms in total. The molecule has 0 radical (unpaired) electrons. The van der Waals surface area contributed by atoms with Crippen LogP contribution in [-0.2, 0) is 36.7 Å². The number of para-hydroxylation sites is 1. The van der Waals surface area contributed by atoms with E-state index in [0.717, 1.165) is 40.8 Å². The third-order valence-corrected chi connectivity index (χ3v) is 11.8. The lowest BCUT2D eigenvalue weighted by molar-refractivity contribution is -0.199. The number of hydrogen-bond donors (Lipinski definition) is 1. The molecule has 4 fully saturated rings. The average Bonchev–Trinajstić information content (AvgIpc) is 3.69. The fraction of sp³-hybridized carbons (Fsp3) is 0.512. The summed E-state index contributed by atoms with van der Waals surface area (Å²) in [6.07, 6.45) is 3.66. The molecule has 1 saturated heterocycles. The van der Waals surface area contributed by atoms with Gasteiger partial charge in [0, 0.05) is 18.4 Å². The van der Waals surface area contributed by atoms with Crippen LogP contribution in [0.2, 0.25) is 0 Å². The Kier molecular flexibility index (Phi) is 9.61. The monoisotopic (exact) mass is 678 g/mol. The lowest BCUT2D eigenvalue weighted by Crippen LogP contribution is -2.65. The summed E-state index contributed by atoms with van der Waals surface area (Å²) in [7, 11) is 1.17. The lowest BCUT2D eigenvalue weighted by atomic mass is 9.43. The molecule has 6 atom stereocenters. The molecule has 5 aliphatic rings. The second-order valence-electron chi connectivity index (χ2n) is 16.0. The Hall–Kier alpha value is -3.66. The third-order valence-electron chi connectivity index (χ3n) is 11.8. The van der Waals surface area contributed by atoms with Gasteiger partial charge in [0.25, 0.3) is 5.91 Å². The van der Waals surface area contributed by atoms with Crippen molar-refractivity contribution in [3.05, 3.63) is 90.0 Å². The van der Waals surface area contributed by atoms with Gasteiger partial charge in [0.2, 0.25) is 5.60 Å². The van der Waals surface area contributed by atoms with Gasteiger partial charge in [-0.3, -0.25) is 4.79 Å². The Balaban J connectivity index is 1.04. The van der Waals surface area contributed by atoms with Gasteiger partial charge in [0.1, 0.15) is 5.75 Å². The Morgan fingerprint density at radius 2 is 1.74 bits per heavy atom. The minimum Gasteiger partial charge on any atom is -0.496 e. The Morgan fingerprint density at radius 1 is 0.980 bits per heavy atom. The first-order valence-corrected chi connectivity index (χ1v) is 18.2. The molecule has 9 heteroatoms. The number of ether oxygens (including phenoxy) is 2. The van der Waals surface area contributed by atoms with Gasteiger partial charge < -0.3 is 28.9 Å². The SMILES string of the molecule is COc1ccccc1-c1cccc(COCC2=NOC(Cc3ccccc3)(C(=O)N[C@@H](CC(C)C)B3O[C@@H]4C[C@@H]5C[C@@H](C5(C)C)[C@]4(C)O3)C2)c1. The van der Waals surface area contributed by atoms with Crippen LogP contribution < -0.4 is 10.1 Å². The van der Waals surface area contributed by atoms with Gasteiger partial charge in [-0.25, -0.2) is 0 Å². The van der Waals surface area contributed by atoms with Crippen molar-refractivity contribution in [1.29, 1.82) is 0 Å². The van der Waals surface area contributed by atoms with Crippen LogP contribution in [0, 0.1) is 23.2 Å². The molecule has 1 amide bonds. The van der Waals surface area contributed by atoms with Crippen molar-refractivity contribution in [2.24, 2.45) is 28.3 Å². The van der Waals surface area contributed by atoms with E-state index >= 15 is 0 Å². The second kappa shape index (κ2) is 13.8. The highest BCUT2D eigenvalue weighted by molar-refractivity contribution is 6.48. The van der Waals surface area contributed by atoms with E-state index in [2.05, 4.69) is 57.2 Å². The molecule has 8 rings (SSSR count). The van der Waals surface area contributed by atoms with Crippen molar-refractivity contribution >= 4 is 18.7 Å². The molecule has 0 aromatic heterocycles. The standard InChI is InChI=1S/C41H51BN2O6/c1-27(2)19-37(42-48-36-22-31-21-35(39(31,3)4)40(36,5)49-42)43-38(45)41(23-28-13-8-7-9-14-28)24-32(44-50-41)26-47-25-29-15-12-16-30(20-29)33-17-10-11-18-34(33)46-6/h7-18,20,27,31,35-37H,19,21-26H2,1-6H3,(H,43,45)/t31-,35-,36+,37-,40-,41?/m0/s1. The van der Waals surface area contributed by atoms with Crippen LogP contribution in [0.25, 0.3) is 11.1 Å². The number of carbonyl (C=O) groups excluding carboxylic acids is 1. The fourth-order valence-corrected chi connectivity index (χ4v) is 8.96. The summed E-state index contributed by atoms with van der Waals surface area (Å²) in [4.78, 5) is 20.6. The second-order valence-corrected chi connectivity index (χ2v) is 16.0. The first-order chi connectivity index (χ1) is 24.0. The van der Waals surface area contributed by atoms with E-state index in [-0.39, 0.29) is 35.6 Å². The Labute approximate surface area is 297 Å². The maximum Gasteiger partial charge on any atom is 0.481 e. The zero-order chi connectivity index (χ0) is 35.1. The van der Waals surface area contributed by atoms with Gasteiger partial charge in [0.05, 0.1) is 43.7 Å². The molecule has 3 aliphatic carbocycles. The van der Waals surface area contributed by atoms with Crippen LogP contribution in [0.1, 0.15) is 71.4 Å². The summed E-state index contributed by atoms with van der Waals surface area (Å²) >= 11 is 0. The number of amides is 1. The summed E-state index contributed by atoms with van der Waals surface area (Å²) in [6.45, 7) is 11.9. The highest BCUT2D eigenvalue weighted by Gasteiger charge is 2.68. The summed E-state index contributed by atoms with van der Waals surface area (Å²) in [6, 6.07) is 26.2. The topological polar surface area (TPSA) is 87.6 Å². The predicted octanol–water partition coefficient (Wildman–Crippen LogP) is 7.44. The average molecular weight is 679 g/mol. The van der Waals surface area contributed by atoms with Crippen LogP contribution in [-0.4, -0.2) is 55.7 Å². The van der Waals surface area contributed by atoms with E-state index in [1.807, 2.05) is 66.7 Å². The summed E-state index contributed by atoms with van der Waals surface area (Å²) in [5.74, 6) is 1.72. The zero-order valence-corrected chi connectivity index (χ0v) is 30.3. The van der Waals surface area contributed by atoms with Crippen LogP contribution >= 0.6 is 0 Å². The van der Waals surface area contributed by atoms with Gasteiger partial charge in [0.15, 0.2) is 0 Å². The van der Waals surface area contributed by atoms with E-state index in [4.69, 9.17) is 23.6 Å². The van der Waals surface area contributed by atoms with Crippen molar-refractivity contribution in [2.45, 2.75) is 96.6 Å². The number of nitrogens with one attached hydrogen (secondary N) is 1. The number of rotatable bonds is 13. The zero-order valence-electron chi connectivity index (χ0n) is 30.3. The van der Waals surface area contributed by atoms with Gasteiger partial charge in [-0.2, -0.15) is 0 Å². The van der Waals surface area contributed by atoms with Crippen molar-refractivity contribution < 1.29 is 28.4 Å². The van der Waals surface area contributed by atoms with Gasteiger partial charge >= 0.3 is 7.12 Å². The summed E-state index contributed by atoms with van der Waals surface area (Å²) in [5, 5.41) is 7.81. The number of hydrogen-bond acceptors (Lipinski definition) is 7. The highest BCUT2D eigenvalue weighted by Crippen LogP contribution is 2.65. The van der Waals surface area contributed by atoms with Crippen molar-refractivity contribution in [1.82, 2.24) is 5.32 Å². The molecular weight excluding hydrogens is 627 g/mol. The maximum atomic E-state index is 14.5. The first-order valence-electron chi connectivity index (χ1n) is 18.2. The Bertz CT molecular complexity index is 1710. The van der Waals surface area contributed by atoms with Crippen molar-refractivity contribution in [2.75, 3.05) is 13.7 Å². The highest BCUT2D eigenvalue weighted by atomic mass is 16.7. The molecule has 3 aromatic carbocycles. The Morgan fingerprint density at radius 3 is 2.50 bits per heavy atom. The molecule has 0 spiro atoms. The first kappa shape index (κ1) is 34.8. The number of benzene rings is 3. The van der Waals surface area contributed by atoms with Crippen molar-refractivity contribution in [3.63, 3.8) is 0 Å². The molecule has 1 N–H and O–H groups in total. The molecule has 3 saturated carbocycles. The molecule has 1 unspecified atom stereocenters. The smallest absolute Gasteiger partial charge is 0.481 e. The van der Waals surface area contributed by atoms with E-state index in [1.165, 1.54) is 6.42 Å². The minimum absolute atomic E-state index is 0.0411. The van der Waals surface area contributed by atoms with Crippen LogP contribution in [0.5, 0.6) is 5.75 Å². The van der Waals surface area contributed by atoms with Gasteiger partial charge in [-0.05, 0) is 78.2 Å². The fourth-order valence-electron chi connectivity index (χ4n) is 8.96. The number of carbonyl (C=O) groups is 1. The van der Waals surface area contributed by atoms with Gasteiger partial charge in [-0.1, -0.05) is 99.6 Å². The molecule has 50 heavy (non-hydrogen) atoms. The molecule has 2 bridgehead atoms. The van der Waals surface area contributed by atoms with E-state index in [1.54, 1.807) is 7.11 Å². The molecule has 2 heterocycles. The number of methoxy groups -OCH3 is 1. The minimum atomic E-state index is -1.21. The lowest BCUT2D eigenvalue weighted by Gasteiger charge is -2.64. The van der Waals surface area contributed by atoms with Crippen LogP contribution in [0.4, 0.5) is 0 Å². The summed E-state index contributed by atoms with van der Waals surface area (Å²) < 4.78 is 25.3. The maximum absolute atomic E-state index is 14.5. The third kappa shape index (κ3) is 6.60. The van der Waals surface area contributed by atoms with E-state index in [0.29, 0.717) is 42.9 Å². The van der Waals surface area contributed by atoms with Crippen molar-refractivity contribution in [3.8, 4) is 16.9 Å². The van der Waals surface area contributed by atoms with Crippen LogP contribution in [0.3, 0.4) is 0 Å². The van der Waals surface area contributed by atoms with Crippen LogP contribution in [0.15, 0.2) is 84.0 Å². The molecule has 2 aliphatic heterocycles. The number of oxime groups is 1. The normalized spacial score (nSPS) is 28.3. The van der Waals surface area contributed by atoms with Gasteiger partial charge in [-0.15, -0.1) is 0 Å². The quantitative estimate of drug-likeness (QED) is 0.189. The largest absolute Gasteiger partial charge is 0.496 e. The predicted molar refractivity (Wildman–Crippen MR) is 196 cm³/mol. The molecular formula is C41H51BN2O6. The summed E-state index contributed by atoms with van der Waals surface area (Å²) in [5.41, 5.74) is 3.50. The molecule has 264 valence electrons.